The zero-order valence-electron chi connectivity index (χ0n) is 16.4. The van der Waals surface area contributed by atoms with Crippen molar-refractivity contribution >= 4 is 23.3 Å². The minimum absolute atomic E-state index is 0.238. The van der Waals surface area contributed by atoms with E-state index in [4.69, 9.17) is 4.74 Å². The molecule has 2 N–H and O–H groups in total. The van der Waals surface area contributed by atoms with Gasteiger partial charge in [0.1, 0.15) is 5.69 Å². The number of aromatic nitrogens is 1. The molecule has 6 nitrogen and oxygen atoms in total. The Labute approximate surface area is 159 Å². The first-order valence-corrected chi connectivity index (χ1v) is 9.49. The van der Waals surface area contributed by atoms with Gasteiger partial charge in [0.15, 0.2) is 0 Å². The number of hydrogen-bond donors (Lipinski definition) is 2. The van der Waals surface area contributed by atoms with Crippen LogP contribution in [0, 0.1) is 6.92 Å². The predicted octanol–water partition coefficient (Wildman–Crippen LogP) is 3.70. The van der Waals surface area contributed by atoms with E-state index in [1.165, 1.54) is 18.4 Å². The lowest BCUT2D eigenvalue weighted by molar-refractivity contribution is 0.0599. The van der Waals surface area contributed by atoms with Crippen molar-refractivity contribution in [3.8, 4) is 0 Å². The molecule has 0 unspecified atom stereocenters. The van der Waals surface area contributed by atoms with Crippen LogP contribution in [0.5, 0.6) is 0 Å². The molecular weight excluding hydrogens is 342 g/mol. The summed E-state index contributed by atoms with van der Waals surface area (Å²) < 4.78 is 4.89. The Hall–Kier alpha value is -2.76. The van der Waals surface area contributed by atoms with E-state index < -0.39 is 5.97 Å². The van der Waals surface area contributed by atoms with E-state index in [2.05, 4.69) is 28.2 Å². The van der Waals surface area contributed by atoms with Gasteiger partial charge in [-0.3, -0.25) is 4.79 Å². The highest BCUT2D eigenvalue weighted by molar-refractivity contribution is 6.07. The molecule has 0 saturated carbocycles. The summed E-state index contributed by atoms with van der Waals surface area (Å²) in [6, 6.07) is 6.04. The first kappa shape index (κ1) is 19.0. The summed E-state index contributed by atoms with van der Waals surface area (Å²) in [4.78, 5) is 30.5. The molecule has 2 heterocycles. The highest BCUT2D eigenvalue weighted by Crippen LogP contribution is 2.31. The Kier molecular flexibility index (Phi) is 5.54. The van der Waals surface area contributed by atoms with Gasteiger partial charge in [0.2, 0.25) is 0 Å². The van der Waals surface area contributed by atoms with Gasteiger partial charge >= 0.3 is 5.97 Å². The molecule has 1 aromatic carbocycles. The standard InChI is InChI=1S/C21H27N3O3/c1-5-7-16-18(21(26)27-4)13(3)22-19(16)20(25)23-15-9-8-14-10-11-24(6-2)17(14)12-15/h8-9,12,22H,5-7,10-11H2,1-4H3,(H,23,25). The predicted molar refractivity (Wildman–Crippen MR) is 107 cm³/mol. The average Bonchev–Trinajstić information content (AvgIpc) is 3.21. The van der Waals surface area contributed by atoms with E-state index in [9.17, 15) is 9.59 Å². The van der Waals surface area contributed by atoms with E-state index in [0.29, 0.717) is 23.4 Å². The van der Waals surface area contributed by atoms with Crippen LogP contribution in [0.25, 0.3) is 0 Å². The summed E-state index contributed by atoms with van der Waals surface area (Å²) in [5.41, 5.74) is 5.52. The fraction of sp³-hybridized carbons (Fsp3) is 0.429. The van der Waals surface area contributed by atoms with Gasteiger partial charge < -0.3 is 19.9 Å². The Morgan fingerprint density at radius 1 is 1.30 bits per heavy atom. The van der Waals surface area contributed by atoms with Crippen molar-refractivity contribution in [3.05, 3.63) is 46.3 Å². The lowest BCUT2D eigenvalue weighted by atomic mass is 10.0. The van der Waals surface area contributed by atoms with E-state index in [0.717, 1.165) is 37.2 Å². The molecule has 2 aromatic rings. The number of rotatable bonds is 6. The maximum atomic E-state index is 12.9. The van der Waals surface area contributed by atoms with E-state index in [1.807, 2.05) is 19.1 Å². The third-order valence-electron chi connectivity index (χ3n) is 5.12. The van der Waals surface area contributed by atoms with Crippen molar-refractivity contribution in [1.82, 2.24) is 4.98 Å². The van der Waals surface area contributed by atoms with Crippen LogP contribution in [0.1, 0.15) is 57.9 Å². The number of anilines is 2. The van der Waals surface area contributed by atoms with Gasteiger partial charge in [-0.2, -0.15) is 0 Å². The molecule has 0 fully saturated rings. The molecule has 3 rings (SSSR count). The van der Waals surface area contributed by atoms with Crippen LogP contribution in [0.3, 0.4) is 0 Å². The number of likely N-dealkylation sites (N-methyl/N-ethyl adjacent to an activating group) is 1. The molecule has 1 aliphatic rings. The van der Waals surface area contributed by atoms with E-state index >= 15 is 0 Å². The molecule has 0 bridgehead atoms. The number of hydrogen-bond acceptors (Lipinski definition) is 4. The topological polar surface area (TPSA) is 74.4 Å². The number of nitrogens with one attached hydrogen (secondary N) is 2. The van der Waals surface area contributed by atoms with E-state index in [1.54, 1.807) is 6.92 Å². The minimum Gasteiger partial charge on any atom is -0.465 e. The number of carbonyl (C=O) groups is 2. The Morgan fingerprint density at radius 3 is 2.74 bits per heavy atom. The van der Waals surface area contributed by atoms with Gasteiger partial charge in [0.25, 0.3) is 5.91 Å². The summed E-state index contributed by atoms with van der Waals surface area (Å²) in [6.45, 7) is 7.90. The summed E-state index contributed by atoms with van der Waals surface area (Å²) in [5.74, 6) is -0.653. The van der Waals surface area contributed by atoms with Gasteiger partial charge in [0, 0.05) is 30.2 Å². The van der Waals surface area contributed by atoms with Gasteiger partial charge in [-0.1, -0.05) is 19.4 Å². The number of ether oxygens (including phenoxy) is 1. The summed E-state index contributed by atoms with van der Waals surface area (Å²) >= 11 is 0. The van der Waals surface area contributed by atoms with Gasteiger partial charge in [-0.15, -0.1) is 0 Å². The quantitative estimate of drug-likeness (QED) is 0.762. The second kappa shape index (κ2) is 7.86. The number of methoxy groups -OCH3 is 1. The molecule has 0 radical (unpaired) electrons. The average molecular weight is 369 g/mol. The lowest BCUT2D eigenvalue weighted by Crippen LogP contribution is -2.19. The second-order valence-corrected chi connectivity index (χ2v) is 6.85. The van der Waals surface area contributed by atoms with Gasteiger partial charge in [-0.05, 0) is 49.9 Å². The molecule has 1 aliphatic heterocycles. The molecule has 1 amide bonds. The van der Waals surface area contributed by atoms with Crippen LogP contribution in [-0.2, 0) is 17.6 Å². The number of esters is 1. The normalized spacial score (nSPS) is 12.8. The molecule has 0 aliphatic carbocycles. The summed E-state index contributed by atoms with van der Waals surface area (Å²) in [5, 5.41) is 2.98. The van der Waals surface area contributed by atoms with Crippen LogP contribution >= 0.6 is 0 Å². The van der Waals surface area contributed by atoms with Crippen LogP contribution in [0.15, 0.2) is 18.2 Å². The third-order valence-corrected chi connectivity index (χ3v) is 5.12. The number of nitrogens with zero attached hydrogens (tertiary/aromatic N) is 1. The Morgan fingerprint density at radius 2 is 2.07 bits per heavy atom. The van der Waals surface area contributed by atoms with Crippen molar-refractivity contribution in [1.29, 1.82) is 0 Å². The first-order chi connectivity index (χ1) is 13.0. The van der Waals surface area contributed by atoms with Crippen molar-refractivity contribution in [3.63, 3.8) is 0 Å². The van der Waals surface area contributed by atoms with Gasteiger partial charge in [0.05, 0.1) is 12.7 Å². The number of carbonyl (C=O) groups excluding carboxylic acids is 2. The monoisotopic (exact) mass is 369 g/mol. The molecule has 0 saturated heterocycles. The molecule has 144 valence electrons. The molecule has 6 heteroatoms. The number of amides is 1. The van der Waals surface area contributed by atoms with Crippen LogP contribution < -0.4 is 10.2 Å². The van der Waals surface area contributed by atoms with Gasteiger partial charge in [-0.25, -0.2) is 4.79 Å². The third kappa shape index (κ3) is 3.56. The Balaban J connectivity index is 1.90. The molecular formula is C21H27N3O3. The van der Waals surface area contributed by atoms with Crippen molar-refractivity contribution < 1.29 is 14.3 Å². The molecule has 1 aromatic heterocycles. The van der Waals surface area contributed by atoms with Crippen LogP contribution in [-0.4, -0.2) is 37.1 Å². The molecule has 0 spiro atoms. The number of benzene rings is 1. The zero-order chi connectivity index (χ0) is 19.6. The Bertz CT molecular complexity index is 870. The van der Waals surface area contributed by atoms with E-state index in [-0.39, 0.29) is 5.91 Å². The van der Waals surface area contributed by atoms with Crippen molar-refractivity contribution in [2.75, 3.05) is 30.4 Å². The minimum atomic E-state index is -0.414. The fourth-order valence-corrected chi connectivity index (χ4v) is 3.79. The number of H-pyrrole nitrogens is 1. The number of aromatic amines is 1. The summed E-state index contributed by atoms with van der Waals surface area (Å²) in [7, 11) is 1.36. The second-order valence-electron chi connectivity index (χ2n) is 6.85. The van der Waals surface area contributed by atoms with Crippen LogP contribution in [0.4, 0.5) is 11.4 Å². The number of fused-ring (bicyclic) bond motifs is 1. The SMILES string of the molecule is CCCc1c(C(=O)Nc2ccc3c(c2)N(CC)CC3)[nH]c(C)c1C(=O)OC. The largest absolute Gasteiger partial charge is 0.465 e. The number of aryl methyl sites for hydroxylation is 1. The fourth-order valence-electron chi connectivity index (χ4n) is 3.79. The summed E-state index contributed by atoms with van der Waals surface area (Å²) in [6.07, 6.45) is 2.49. The smallest absolute Gasteiger partial charge is 0.339 e. The lowest BCUT2D eigenvalue weighted by Gasteiger charge is -2.17. The molecule has 0 atom stereocenters. The zero-order valence-corrected chi connectivity index (χ0v) is 16.4. The maximum absolute atomic E-state index is 12.9. The highest BCUT2D eigenvalue weighted by Gasteiger charge is 2.25. The first-order valence-electron chi connectivity index (χ1n) is 9.49. The van der Waals surface area contributed by atoms with Crippen molar-refractivity contribution in [2.24, 2.45) is 0 Å². The maximum Gasteiger partial charge on any atom is 0.339 e. The molecule has 27 heavy (non-hydrogen) atoms. The van der Waals surface area contributed by atoms with Crippen LogP contribution in [0.2, 0.25) is 0 Å². The van der Waals surface area contributed by atoms with Crippen molar-refractivity contribution in [2.45, 2.75) is 40.0 Å². The highest BCUT2D eigenvalue weighted by atomic mass is 16.5.